The van der Waals surface area contributed by atoms with Gasteiger partial charge in [0.15, 0.2) is 0 Å². The van der Waals surface area contributed by atoms with Gasteiger partial charge in [0.2, 0.25) is 0 Å². The van der Waals surface area contributed by atoms with Gasteiger partial charge in [-0.15, -0.1) is 45.3 Å². The van der Waals surface area contributed by atoms with Crippen LogP contribution in [0, 0.1) is 13.8 Å². The Morgan fingerprint density at radius 1 is 0.354 bits per heavy atom. The average Bonchev–Trinajstić information content (AvgIpc) is 4.36. The van der Waals surface area contributed by atoms with Gasteiger partial charge in [-0.2, -0.15) is 0 Å². The summed E-state index contributed by atoms with van der Waals surface area (Å²) in [5.74, 6) is 3.62. The molecule has 2 aliphatic rings. The molecule has 0 spiro atoms. The number of fused-ring (bicyclic) bond motifs is 4. The summed E-state index contributed by atoms with van der Waals surface area (Å²) >= 11 is 36.7. The van der Waals surface area contributed by atoms with Crippen molar-refractivity contribution < 1.29 is 0 Å². The fourth-order valence-corrected chi connectivity index (χ4v) is 40.0. The van der Waals surface area contributed by atoms with Crippen LogP contribution in [0.5, 0.6) is 0 Å². The summed E-state index contributed by atoms with van der Waals surface area (Å²) in [6.45, 7) is 11.4. The molecule has 17 heteroatoms. The number of alkyl halides is 2. The SMILES string of the molecule is Brc1cc2c(cc1Br)Sc1ccccc1S2.Brc1cccc2c1Sc1c(Br)cccc1S2.C.CBr.CBr.CCC[CH2][Sn]([CH2]CCC)([CH2]CCC)[c]1ccc(-c2cccs2)s1.Cc1ccc(-c2cccs2)s1.Cc1ccc(-c2cccs2)s1. The molecule has 0 N–H and O–H groups in total. The number of halogens is 6. The molecule has 0 aliphatic carbocycles. The van der Waals surface area contributed by atoms with Gasteiger partial charge in [-0.1, -0.05) is 123 Å². The van der Waals surface area contributed by atoms with Gasteiger partial charge in [0.25, 0.3) is 0 Å². The van der Waals surface area contributed by atoms with Crippen LogP contribution in [0.25, 0.3) is 29.3 Å². The molecule has 0 radical (unpaired) electrons. The fourth-order valence-electron chi connectivity index (χ4n) is 8.52. The summed E-state index contributed by atoms with van der Waals surface area (Å²) in [7, 11) is 0. The molecule has 0 bridgehead atoms. The van der Waals surface area contributed by atoms with Crippen molar-refractivity contribution in [2.45, 2.75) is 133 Å². The number of rotatable bonds is 13. The summed E-state index contributed by atoms with van der Waals surface area (Å²) in [4.78, 5) is 21.9. The number of hydrogen-bond acceptors (Lipinski definition) is 10. The van der Waals surface area contributed by atoms with Gasteiger partial charge in [0.05, 0.1) is 0 Å². The Morgan fingerprint density at radius 3 is 1.07 bits per heavy atom. The van der Waals surface area contributed by atoms with Crippen molar-refractivity contribution in [3.8, 4) is 29.3 Å². The smallest absolute Gasteiger partial charge is 0.0445 e. The van der Waals surface area contributed by atoms with Crippen molar-refractivity contribution in [2.75, 3.05) is 11.7 Å². The first-order valence-corrected chi connectivity index (χ1v) is 48.6. The van der Waals surface area contributed by atoms with Crippen molar-refractivity contribution in [3.05, 3.63) is 189 Å². The maximum absolute atomic E-state index is 3.61. The van der Waals surface area contributed by atoms with Gasteiger partial charge in [0, 0.05) is 86.3 Å². The first-order chi connectivity index (χ1) is 39.5. The summed E-state index contributed by atoms with van der Waals surface area (Å²) < 4.78 is 11.2. The molecule has 0 fully saturated rings. The Balaban J connectivity index is 0.000000189. The first kappa shape index (κ1) is 72.9. The maximum Gasteiger partial charge on any atom is 0.0445 e. The van der Waals surface area contributed by atoms with E-state index in [0.29, 0.717) is 0 Å². The molecule has 8 heterocycles. The summed E-state index contributed by atoms with van der Waals surface area (Å²) in [5.41, 5.74) is 0. The molecule has 0 amide bonds. The van der Waals surface area contributed by atoms with Crippen LogP contribution in [0.2, 0.25) is 13.3 Å². The normalized spacial score (nSPS) is 11.4. The minimum atomic E-state index is -2.19. The second kappa shape index (κ2) is 39.3. The van der Waals surface area contributed by atoms with Gasteiger partial charge in [0.1, 0.15) is 0 Å². The maximum atomic E-state index is 3.61. The minimum absolute atomic E-state index is 0. The van der Waals surface area contributed by atoms with Crippen molar-refractivity contribution in [2.24, 2.45) is 0 Å². The zero-order chi connectivity index (χ0) is 58.2. The second-order valence-electron chi connectivity index (χ2n) is 18.2. The largest absolute Gasteiger partial charge is 0.143 e. The van der Waals surface area contributed by atoms with Gasteiger partial charge in [-0.05, 0) is 185 Å². The quantitative estimate of drug-likeness (QED) is 0.0833. The summed E-state index contributed by atoms with van der Waals surface area (Å²) in [6.07, 6.45) is 8.45. The molecule has 0 unspecified atom stereocenters. The van der Waals surface area contributed by atoms with E-state index >= 15 is 0 Å². The van der Waals surface area contributed by atoms with E-state index in [1.54, 1.807) is 36.0 Å². The van der Waals surface area contributed by atoms with E-state index in [-0.39, 0.29) is 7.43 Å². The van der Waals surface area contributed by atoms with E-state index in [9.17, 15) is 0 Å². The molecule has 6 aromatic heterocycles. The topological polar surface area (TPSA) is 0 Å². The van der Waals surface area contributed by atoms with Crippen LogP contribution < -0.4 is 2.89 Å². The Hall–Kier alpha value is 0.159. The molecular formula is C65H70Br6S10Sn. The summed E-state index contributed by atoms with van der Waals surface area (Å²) in [6, 6.07) is 52.2. The zero-order valence-electron chi connectivity index (χ0n) is 46.3. The average molecular weight is 1770 g/mol. The third kappa shape index (κ3) is 21.7. The van der Waals surface area contributed by atoms with Crippen LogP contribution >= 0.6 is 211 Å². The number of hydrogen-bond donors (Lipinski definition) is 0. The van der Waals surface area contributed by atoms with Crippen LogP contribution in [-0.2, 0) is 0 Å². The molecule has 4 aromatic carbocycles. The van der Waals surface area contributed by atoms with Crippen molar-refractivity contribution in [1.82, 2.24) is 0 Å². The Bertz CT molecular complexity index is 3190. The number of unbranched alkanes of at least 4 members (excludes halogenated alkanes) is 3. The first-order valence-electron chi connectivity index (χ1n) is 26.4. The van der Waals surface area contributed by atoms with E-state index in [4.69, 9.17) is 0 Å². The van der Waals surface area contributed by atoms with Crippen LogP contribution in [0.1, 0.15) is 76.5 Å². The van der Waals surface area contributed by atoms with E-state index in [2.05, 4.69) is 303 Å². The van der Waals surface area contributed by atoms with Crippen LogP contribution in [0.15, 0.2) is 219 Å². The van der Waals surface area contributed by atoms with E-state index in [1.165, 1.54) is 126 Å². The number of thiophene rings is 6. The van der Waals surface area contributed by atoms with Gasteiger partial charge in [-0.3, -0.25) is 0 Å². The molecule has 0 nitrogen and oxygen atoms in total. The van der Waals surface area contributed by atoms with E-state index < -0.39 is 18.4 Å². The Labute approximate surface area is 586 Å². The predicted molar refractivity (Wildman–Crippen MR) is 406 cm³/mol. The monoisotopic (exact) mass is 1760 g/mol. The Morgan fingerprint density at radius 2 is 0.720 bits per heavy atom. The molecule has 12 rings (SSSR count). The van der Waals surface area contributed by atoms with Crippen molar-refractivity contribution in [1.29, 1.82) is 0 Å². The van der Waals surface area contributed by atoms with E-state index in [1.807, 2.05) is 95.6 Å². The molecule has 0 atom stereocenters. The van der Waals surface area contributed by atoms with Crippen LogP contribution in [0.4, 0.5) is 0 Å². The second-order valence-corrected chi connectivity index (χ2v) is 46.6. The zero-order valence-corrected chi connectivity index (χ0v) is 66.8. The molecule has 2 aliphatic heterocycles. The molecular weight excluding hydrogens is 1700 g/mol. The summed E-state index contributed by atoms with van der Waals surface area (Å²) in [5, 5.41) is 6.44. The van der Waals surface area contributed by atoms with Gasteiger partial charge >= 0.3 is 156 Å². The minimum Gasteiger partial charge on any atom is -0.143 e. The Kier molecular flexibility index (Phi) is 35.0. The van der Waals surface area contributed by atoms with Gasteiger partial charge in [-0.25, -0.2) is 0 Å². The molecule has 82 heavy (non-hydrogen) atoms. The van der Waals surface area contributed by atoms with Gasteiger partial charge < -0.3 is 0 Å². The fraction of sp³-hybridized carbons (Fsp3) is 0.262. The molecule has 0 saturated heterocycles. The van der Waals surface area contributed by atoms with Crippen LogP contribution in [-0.4, -0.2) is 30.0 Å². The van der Waals surface area contributed by atoms with Crippen LogP contribution in [0.3, 0.4) is 0 Å². The number of aryl methyl sites for hydroxylation is 2. The molecule has 436 valence electrons. The standard InChI is InChI=1S/2C12H6Br2S2.2C9H8S2.C8H5S2.3C4H9.2CH3Br.CH4.Sn/c13-7-3-1-5-9-11(7)16-12-8(14)4-2-6-10(12)15-9;13-7-5-11-12(6-8(7)14)16-10-4-2-1-3-9(10)15-11;2*1-7-4-5-9(11-7)8-3-2-6-10-8;1-3-7(9-5-1)8-4-2-6-10-8;3*1-3-4-2;2*1-2;;/h2*1-6H;2*2-6H,1H3;1-5H;3*1,3-4H2,2H3;2*1H3;1H4;. The third-order valence-electron chi connectivity index (χ3n) is 12.5. The van der Waals surface area contributed by atoms with Crippen molar-refractivity contribution >= 4 is 232 Å². The van der Waals surface area contributed by atoms with Crippen molar-refractivity contribution in [3.63, 3.8) is 0 Å². The molecule has 10 aromatic rings. The van der Waals surface area contributed by atoms with E-state index in [0.717, 1.165) is 8.95 Å². The third-order valence-corrected chi connectivity index (χ3v) is 45.9. The predicted octanol–water partition coefficient (Wildman–Crippen LogP) is 29.4. The number of benzene rings is 4. The molecule has 0 saturated carbocycles.